The summed E-state index contributed by atoms with van der Waals surface area (Å²) in [6, 6.07) is 8.05. The van der Waals surface area contributed by atoms with Crippen LogP contribution in [0.15, 0.2) is 24.3 Å². The van der Waals surface area contributed by atoms with Crippen LogP contribution in [-0.4, -0.2) is 39.2 Å². The lowest BCUT2D eigenvalue weighted by molar-refractivity contribution is -0.132. The zero-order chi connectivity index (χ0) is 13.9. The molecule has 0 unspecified atom stereocenters. The first kappa shape index (κ1) is 16.0. The number of hydrogen-bond donors (Lipinski definition) is 1. The van der Waals surface area contributed by atoms with Crippen LogP contribution in [0.1, 0.15) is 19.4 Å². The van der Waals surface area contributed by atoms with E-state index < -0.39 is 0 Å². The molecule has 1 N–H and O–H groups in total. The van der Waals surface area contributed by atoms with Gasteiger partial charge in [0.05, 0.1) is 0 Å². The van der Waals surface area contributed by atoms with E-state index in [1.165, 1.54) is 5.56 Å². The van der Waals surface area contributed by atoms with Crippen LogP contribution in [0, 0.1) is 6.92 Å². The second kappa shape index (κ2) is 9.78. The predicted octanol–water partition coefficient (Wildman–Crippen LogP) is 2.36. The Morgan fingerprint density at radius 2 is 1.89 bits per heavy atom. The highest BCUT2D eigenvalue weighted by Gasteiger charge is 2.06. The van der Waals surface area contributed by atoms with Crippen LogP contribution >= 0.6 is 0 Å². The number of ether oxygens (including phenoxy) is 3. The van der Waals surface area contributed by atoms with E-state index in [4.69, 9.17) is 14.2 Å². The number of nitrogens with one attached hydrogen (secondary N) is 1. The minimum Gasteiger partial charge on any atom is -0.492 e. The Hall–Kier alpha value is -1.10. The first-order valence-electron chi connectivity index (χ1n) is 6.89. The Morgan fingerprint density at radius 3 is 2.53 bits per heavy atom. The Morgan fingerprint density at radius 1 is 1.16 bits per heavy atom. The van der Waals surface area contributed by atoms with Crippen molar-refractivity contribution in [2.24, 2.45) is 0 Å². The zero-order valence-corrected chi connectivity index (χ0v) is 12.1. The van der Waals surface area contributed by atoms with Crippen molar-refractivity contribution in [1.82, 2.24) is 5.32 Å². The molecule has 0 bridgehead atoms. The van der Waals surface area contributed by atoms with Crippen molar-refractivity contribution in [2.75, 3.05) is 32.9 Å². The number of aryl methyl sites for hydroxylation is 1. The average molecular weight is 267 g/mol. The van der Waals surface area contributed by atoms with E-state index in [9.17, 15) is 0 Å². The third-order valence-electron chi connectivity index (χ3n) is 2.55. The van der Waals surface area contributed by atoms with Gasteiger partial charge in [-0.2, -0.15) is 0 Å². The van der Waals surface area contributed by atoms with Crippen LogP contribution in [0.5, 0.6) is 5.75 Å². The van der Waals surface area contributed by atoms with Gasteiger partial charge in [0.25, 0.3) is 0 Å². The van der Waals surface area contributed by atoms with Gasteiger partial charge in [0, 0.05) is 26.3 Å². The topological polar surface area (TPSA) is 39.7 Å². The number of benzene rings is 1. The van der Waals surface area contributed by atoms with Crippen LogP contribution in [0.3, 0.4) is 0 Å². The lowest BCUT2D eigenvalue weighted by atomic mass is 10.2. The molecule has 0 saturated heterocycles. The highest BCUT2D eigenvalue weighted by Crippen LogP contribution is 2.11. The summed E-state index contributed by atoms with van der Waals surface area (Å²) >= 11 is 0. The van der Waals surface area contributed by atoms with E-state index in [1.54, 1.807) is 0 Å². The van der Waals surface area contributed by atoms with Gasteiger partial charge in [0.1, 0.15) is 12.4 Å². The van der Waals surface area contributed by atoms with E-state index in [2.05, 4.69) is 18.3 Å². The van der Waals surface area contributed by atoms with E-state index >= 15 is 0 Å². The molecule has 1 aromatic carbocycles. The van der Waals surface area contributed by atoms with Gasteiger partial charge in [0.15, 0.2) is 6.29 Å². The fraction of sp³-hybridized carbons (Fsp3) is 0.600. The lowest BCUT2D eigenvalue weighted by Crippen LogP contribution is -2.33. The van der Waals surface area contributed by atoms with Gasteiger partial charge in [-0.1, -0.05) is 12.1 Å². The molecule has 0 atom stereocenters. The Labute approximate surface area is 116 Å². The van der Waals surface area contributed by atoms with Crippen molar-refractivity contribution in [1.29, 1.82) is 0 Å². The van der Waals surface area contributed by atoms with E-state index in [-0.39, 0.29) is 6.29 Å². The average Bonchev–Trinajstić information content (AvgIpc) is 2.39. The van der Waals surface area contributed by atoms with E-state index in [1.807, 2.05) is 32.0 Å². The molecular formula is C15H25NO3. The number of rotatable bonds is 10. The normalized spacial score (nSPS) is 10.9. The van der Waals surface area contributed by atoms with Crippen molar-refractivity contribution in [3.63, 3.8) is 0 Å². The maximum Gasteiger partial charge on any atom is 0.169 e. The van der Waals surface area contributed by atoms with Crippen molar-refractivity contribution < 1.29 is 14.2 Å². The zero-order valence-electron chi connectivity index (χ0n) is 12.1. The molecule has 0 aliphatic carbocycles. The van der Waals surface area contributed by atoms with Crippen molar-refractivity contribution in [3.8, 4) is 5.75 Å². The van der Waals surface area contributed by atoms with E-state index in [0.717, 1.165) is 12.3 Å². The first-order valence-corrected chi connectivity index (χ1v) is 6.89. The molecule has 0 fully saturated rings. The molecule has 0 heterocycles. The SMILES string of the molecule is CCOC(CNCCOc1cccc(C)c1)OCC. The largest absolute Gasteiger partial charge is 0.492 e. The first-order chi connectivity index (χ1) is 9.26. The van der Waals surface area contributed by atoms with Crippen LogP contribution in [0.2, 0.25) is 0 Å². The summed E-state index contributed by atoms with van der Waals surface area (Å²) in [6.45, 7) is 9.38. The molecule has 0 aliphatic rings. The van der Waals surface area contributed by atoms with Crippen LogP contribution < -0.4 is 10.1 Å². The van der Waals surface area contributed by atoms with Crippen LogP contribution in [-0.2, 0) is 9.47 Å². The third kappa shape index (κ3) is 7.15. The van der Waals surface area contributed by atoms with Crippen molar-refractivity contribution >= 4 is 0 Å². The standard InChI is InChI=1S/C15H25NO3/c1-4-17-15(18-5-2)12-16-9-10-19-14-8-6-7-13(3)11-14/h6-8,11,15-16H,4-5,9-10,12H2,1-3H3. The minimum atomic E-state index is -0.172. The molecule has 0 spiro atoms. The summed E-state index contributed by atoms with van der Waals surface area (Å²) in [6.07, 6.45) is -0.172. The molecule has 108 valence electrons. The minimum absolute atomic E-state index is 0.172. The Bertz CT molecular complexity index is 338. The molecule has 0 radical (unpaired) electrons. The predicted molar refractivity (Wildman–Crippen MR) is 76.6 cm³/mol. The molecule has 0 aliphatic heterocycles. The van der Waals surface area contributed by atoms with E-state index in [0.29, 0.717) is 26.4 Å². The number of hydrogen-bond acceptors (Lipinski definition) is 4. The van der Waals surface area contributed by atoms with Crippen LogP contribution in [0.4, 0.5) is 0 Å². The summed E-state index contributed by atoms with van der Waals surface area (Å²) in [7, 11) is 0. The van der Waals surface area contributed by atoms with Gasteiger partial charge in [0.2, 0.25) is 0 Å². The summed E-state index contributed by atoms with van der Waals surface area (Å²) in [5, 5.41) is 3.26. The van der Waals surface area contributed by atoms with Gasteiger partial charge in [-0.05, 0) is 38.5 Å². The van der Waals surface area contributed by atoms with Gasteiger partial charge in [-0.3, -0.25) is 0 Å². The highest BCUT2D eigenvalue weighted by molar-refractivity contribution is 5.27. The van der Waals surface area contributed by atoms with Gasteiger partial charge >= 0.3 is 0 Å². The molecule has 1 aromatic rings. The Balaban J connectivity index is 2.13. The van der Waals surface area contributed by atoms with Crippen molar-refractivity contribution in [3.05, 3.63) is 29.8 Å². The third-order valence-corrected chi connectivity index (χ3v) is 2.55. The molecule has 0 amide bonds. The monoisotopic (exact) mass is 267 g/mol. The smallest absolute Gasteiger partial charge is 0.169 e. The van der Waals surface area contributed by atoms with Gasteiger partial charge in [-0.25, -0.2) is 0 Å². The molecule has 4 nitrogen and oxygen atoms in total. The summed E-state index contributed by atoms with van der Waals surface area (Å²) in [5.41, 5.74) is 1.21. The molecule has 0 aromatic heterocycles. The van der Waals surface area contributed by atoms with Crippen molar-refractivity contribution in [2.45, 2.75) is 27.1 Å². The molecule has 4 heteroatoms. The van der Waals surface area contributed by atoms with Gasteiger partial charge in [-0.15, -0.1) is 0 Å². The quantitative estimate of drug-likeness (QED) is 0.522. The summed E-state index contributed by atoms with van der Waals surface area (Å²) < 4.78 is 16.5. The second-order valence-electron chi connectivity index (χ2n) is 4.21. The highest BCUT2D eigenvalue weighted by atomic mass is 16.7. The molecule has 0 saturated carbocycles. The molecule has 1 rings (SSSR count). The van der Waals surface area contributed by atoms with Gasteiger partial charge < -0.3 is 19.5 Å². The second-order valence-corrected chi connectivity index (χ2v) is 4.21. The maximum atomic E-state index is 5.64. The molecular weight excluding hydrogens is 242 g/mol. The lowest BCUT2D eigenvalue weighted by Gasteiger charge is -2.17. The maximum absolute atomic E-state index is 5.64. The fourth-order valence-corrected chi connectivity index (χ4v) is 1.70. The molecule has 19 heavy (non-hydrogen) atoms. The van der Waals surface area contributed by atoms with Crippen LogP contribution in [0.25, 0.3) is 0 Å². The Kier molecular flexibility index (Phi) is 8.21. The fourth-order valence-electron chi connectivity index (χ4n) is 1.70. The summed E-state index contributed by atoms with van der Waals surface area (Å²) in [5.74, 6) is 0.910. The summed E-state index contributed by atoms with van der Waals surface area (Å²) in [4.78, 5) is 0.